The molecule has 0 aliphatic heterocycles. The van der Waals surface area contributed by atoms with Gasteiger partial charge < -0.3 is 10.1 Å². The van der Waals surface area contributed by atoms with Crippen LogP contribution in [0.4, 0.5) is 5.82 Å². The van der Waals surface area contributed by atoms with Gasteiger partial charge in [-0.25, -0.2) is 0 Å². The third kappa shape index (κ3) is 5.69. The number of anilines is 1. The summed E-state index contributed by atoms with van der Waals surface area (Å²) in [5.74, 6) is 0.980. The molecule has 1 heterocycles. The molecule has 32 heavy (non-hydrogen) atoms. The number of ether oxygens (including phenoxy) is 1. The number of halogens is 2. The summed E-state index contributed by atoms with van der Waals surface area (Å²) in [7, 11) is 0. The lowest BCUT2D eigenvalue weighted by Gasteiger charge is -2.08. The van der Waals surface area contributed by atoms with E-state index in [1.54, 1.807) is 36.4 Å². The van der Waals surface area contributed by atoms with E-state index in [1.165, 1.54) is 0 Å². The Morgan fingerprint density at radius 1 is 0.938 bits per heavy atom. The second-order valence-corrected chi connectivity index (χ2v) is 8.23. The van der Waals surface area contributed by atoms with Crippen LogP contribution >= 0.6 is 23.2 Å². The van der Waals surface area contributed by atoms with E-state index in [1.807, 2.05) is 54.1 Å². The zero-order valence-corrected chi connectivity index (χ0v) is 18.9. The van der Waals surface area contributed by atoms with Gasteiger partial charge >= 0.3 is 0 Å². The van der Waals surface area contributed by atoms with Crippen molar-refractivity contribution in [1.29, 1.82) is 0 Å². The lowest BCUT2D eigenvalue weighted by molar-refractivity contribution is 0.102. The van der Waals surface area contributed by atoms with Gasteiger partial charge in [-0.15, -0.1) is 0 Å². The Morgan fingerprint density at radius 3 is 2.47 bits per heavy atom. The minimum Gasteiger partial charge on any atom is -0.489 e. The summed E-state index contributed by atoms with van der Waals surface area (Å²) in [6.45, 7) is 2.86. The fourth-order valence-corrected chi connectivity index (χ4v) is 3.57. The lowest BCUT2D eigenvalue weighted by atomic mass is 10.1. The standard InChI is InChI=1S/C25H21Cl2N3O2/c1-17-12-24(29-30(17)15-18-4-3-7-22(27)14-18)28-25(31)20-6-2-5-19(13-20)16-32-23-10-8-21(26)9-11-23/h2-14H,15-16H2,1H3,(H,28,29,31). The van der Waals surface area contributed by atoms with Crippen LogP contribution in [0.3, 0.4) is 0 Å². The van der Waals surface area contributed by atoms with Gasteiger partial charge in [0.1, 0.15) is 12.4 Å². The van der Waals surface area contributed by atoms with Crippen molar-refractivity contribution in [3.63, 3.8) is 0 Å². The highest BCUT2D eigenvalue weighted by molar-refractivity contribution is 6.30. The second-order valence-electron chi connectivity index (χ2n) is 7.36. The Morgan fingerprint density at radius 2 is 1.69 bits per heavy atom. The molecule has 0 spiro atoms. The number of aromatic nitrogens is 2. The van der Waals surface area contributed by atoms with Gasteiger partial charge in [-0.2, -0.15) is 5.10 Å². The lowest BCUT2D eigenvalue weighted by Crippen LogP contribution is -2.13. The molecule has 1 amide bonds. The number of nitrogens with one attached hydrogen (secondary N) is 1. The van der Waals surface area contributed by atoms with Crippen LogP contribution in [0.5, 0.6) is 5.75 Å². The van der Waals surface area contributed by atoms with Crippen LogP contribution in [0.2, 0.25) is 10.0 Å². The maximum atomic E-state index is 12.8. The number of nitrogens with zero attached hydrogens (tertiary/aromatic N) is 2. The Kier molecular flexibility index (Phi) is 6.78. The molecule has 0 radical (unpaired) electrons. The van der Waals surface area contributed by atoms with Crippen LogP contribution in [0.25, 0.3) is 0 Å². The minimum atomic E-state index is -0.231. The van der Waals surface area contributed by atoms with Crippen molar-refractivity contribution in [2.75, 3.05) is 5.32 Å². The second kappa shape index (κ2) is 9.90. The van der Waals surface area contributed by atoms with Crippen LogP contribution < -0.4 is 10.1 Å². The van der Waals surface area contributed by atoms with Crippen LogP contribution in [0.1, 0.15) is 27.2 Å². The van der Waals surface area contributed by atoms with Crippen LogP contribution in [-0.2, 0) is 13.2 Å². The van der Waals surface area contributed by atoms with Gasteiger partial charge in [0, 0.05) is 27.4 Å². The average molecular weight is 466 g/mol. The van der Waals surface area contributed by atoms with Crippen LogP contribution in [0, 0.1) is 6.92 Å². The molecule has 4 rings (SSSR count). The highest BCUT2D eigenvalue weighted by Gasteiger charge is 2.11. The zero-order valence-electron chi connectivity index (χ0n) is 17.4. The third-order valence-electron chi connectivity index (χ3n) is 4.85. The largest absolute Gasteiger partial charge is 0.489 e. The van der Waals surface area contributed by atoms with E-state index in [2.05, 4.69) is 10.4 Å². The van der Waals surface area contributed by atoms with Crippen molar-refractivity contribution < 1.29 is 9.53 Å². The Balaban J connectivity index is 1.40. The van der Waals surface area contributed by atoms with E-state index in [0.717, 1.165) is 16.8 Å². The summed E-state index contributed by atoms with van der Waals surface area (Å²) in [6.07, 6.45) is 0. The van der Waals surface area contributed by atoms with E-state index in [0.29, 0.717) is 40.3 Å². The van der Waals surface area contributed by atoms with E-state index in [9.17, 15) is 4.79 Å². The molecule has 0 saturated carbocycles. The number of hydrogen-bond donors (Lipinski definition) is 1. The number of amides is 1. The van der Waals surface area contributed by atoms with Gasteiger partial charge in [-0.1, -0.05) is 47.5 Å². The first-order valence-electron chi connectivity index (χ1n) is 10.0. The van der Waals surface area contributed by atoms with E-state index in [4.69, 9.17) is 27.9 Å². The van der Waals surface area contributed by atoms with Crippen molar-refractivity contribution in [3.05, 3.63) is 111 Å². The number of rotatable bonds is 7. The highest BCUT2D eigenvalue weighted by Crippen LogP contribution is 2.18. The SMILES string of the molecule is Cc1cc(NC(=O)c2cccc(COc3ccc(Cl)cc3)c2)nn1Cc1cccc(Cl)c1. The molecule has 1 N–H and O–H groups in total. The number of carbonyl (C=O) groups is 1. The molecular weight excluding hydrogens is 445 g/mol. The molecule has 162 valence electrons. The monoisotopic (exact) mass is 465 g/mol. The minimum absolute atomic E-state index is 0.231. The zero-order chi connectivity index (χ0) is 22.5. The maximum absolute atomic E-state index is 12.8. The predicted octanol–water partition coefficient (Wildman–Crippen LogP) is 6.38. The first-order chi connectivity index (χ1) is 15.5. The van der Waals surface area contributed by atoms with E-state index >= 15 is 0 Å². The summed E-state index contributed by atoms with van der Waals surface area (Å²) >= 11 is 12.0. The average Bonchev–Trinajstić information content (AvgIpc) is 3.12. The maximum Gasteiger partial charge on any atom is 0.256 e. The summed E-state index contributed by atoms with van der Waals surface area (Å²) < 4.78 is 7.60. The topological polar surface area (TPSA) is 56.1 Å². The molecule has 0 aliphatic rings. The summed E-state index contributed by atoms with van der Waals surface area (Å²) in [4.78, 5) is 12.8. The van der Waals surface area contributed by atoms with Gasteiger partial charge in [0.05, 0.1) is 6.54 Å². The van der Waals surface area contributed by atoms with Crippen molar-refractivity contribution in [2.24, 2.45) is 0 Å². The van der Waals surface area contributed by atoms with Crippen LogP contribution in [-0.4, -0.2) is 15.7 Å². The summed E-state index contributed by atoms with van der Waals surface area (Å²) in [5, 5.41) is 8.72. The molecule has 0 unspecified atom stereocenters. The molecule has 4 aromatic rings. The highest BCUT2D eigenvalue weighted by atomic mass is 35.5. The molecule has 5 nitrogen and oxygen atoms in total. The van der Waals surface area contributed by atoms with Gasteiger partial charge in [-0.05, 0) is 66.6 Å². The predicted molar refractivity (Wildman–Crippen MR) is 128 cm³/mol. The first-order valence-corrected chi connectivity index (χ1v) is 10.8. The molecular formula is C25H21Cl2N3O2. The molecule has 0 aliphatic carbocycles. The van der Waals surface area contributed by atoms with Gasteiger partial charge in [0.2, 0.25) is 0 Å². The van der Waals surface area contributed by atoms with Gasteiger partial charge in [0.25, 0.3) is 5.91 Å². The fraction of sp³-hybridized carbons (Fsp3) is 0.120. The van der Waals surface area contributed by atoms with E-state index in [-0.39, 0.29) is 5.91 Å². The molecule has 0 fully saturated rings. The smallest absolute Gasteiger partial charge is 0.256 e. The summed E-state index contributed by atoms with van der Waals surface area (Å²) in [5.41, 5.74) is 3.39. The molecule has 3 aromatic carbocycles. The van der Waals surface area contributed by atoms with Crippen LogP contribution in [0.15, 0.2) is 78.9 Å². The Bertz CT molecular complexity index is 1240. The molecule has 0 bridgehead atoms. The van der Waals surface area contributed by atoms with Crippen molar-refractivity contribution in [3.8, 4) is 5.75 Å². The van der Waals surface area contributed by atoms with E-state index < -0.39 is 0 Å². The Labute approximate surface area is 196 Å². The number of aryl methyl sites for hydroxylation is 1. The van der Waals surface area contributed by atoms with Crippen molar-refractivity contribution in [1.82, 2.24) is 9.78 Å². The molecule has 0 saturated heterocycles. The Hall–Kier alpha value is -3.28. The number of benzene rings is 3. The third-order valence-corrected chi connectivity index (χ3v) is 5.34. The molecule has 0 atom stereocenters. The quantitative estimate of drug-likeness (QED) is 0.344. The number of hydrogen-bond acceptors (Lipinski definition) is 3. The van der Waals surface area contributed by atoms with Gasteiger partial charge in [-0.3, -0.25) is 9.48 Å². The fourth-order valence-electron chi connectivity index (χ4n) is 3.23. The number of carbonyl (C=O) groups excluding carboxylic acids is 1. The molecule has 1 aromatic heterocycles. The normalized spacial score (nSPS) is 10.7. The molecule has 7 heteroatoms. The first kappa shape index (κ1) is 21.9. The summed E-state index contributed by atoms with van der Waals surface area (Å²) in [6, 6.07) is 23.9. The van der Waals surface area contributed by atoms with Gasteiger partial charge in [0.15, 0.2) is 5.82 Å². The van der Waals surface area contributed by atoms with Crippen molar-refractivity contribution >= 4 is 34.9 Å². The van der Waals surface area contributed by atoms with Crippen molar-refractivity contribution in [2.45, 2.75) is 20.1 Å².